The molecule has 2 heterocycles. The van der Waals surface area contributed by atoms with Crippen LogP contribution in [0.25, 0.3) is 10.9 Å². The maximum absolute atomic E-state index is 13.5. The van der Waals surface area contributed by atoms with Gasteiger partial charge in [-0.3, -0.25) is 9.48 Å². The summed E-state index contributed by atoms with van der Waals surface area (Å²) in [5, 5.41) is 6.86. The molecule has 35 heavy (non-hydrogen) atoms. The molecule has 0 saturated heterocycles. The lowest BCUT2D eigenvalue weighted by Crippen LogP contribution is -2.17. The maximum atomic E-state index is 13.5. The number of nitrogens with one attached hydrogen (secondary N) is 1. The average molecular weight is 529 g/mol. The number of halogens is 7. The van der Waals surface area contributed by atoms with Gasteiger partial charge in [-0.15, -0.1) is 0 Å². The van der Waals surface area contributed by atoms with Crippen molar-refractivity contribution in [3.63, 3.8) is 0 Å². The minimum Gasteiger partial charge on any atom is -0.319 e. The van der Waals surface area contributed by atoms with Crippen LogP contribution in [-0.2, 0) is 12.7 Å². The summed E-state index contributed by atoms with van der Waals surface area (Å²) in [5.41, 5.74) is -0.566. The third kappa shape index (κ3) is 5.08. The van der Waals surface area contributed by atoms with Crippen LogP contribution in [-0.4, -0.2) is 20.7 Å². The number of fused-ring (bicyclic) bond motifs is 1. The molecule has 0 aliphatic carbocycles. The number of carbonyl (C=O) groups excluding carboxylic acids is 1. The SMILES string of the molecule is Cc1nn(Cc2cc(F)cc(F)c2)c(C)c1NC(=O)c1cc(C(F)(F)F)nc2c(Cl)cc(Cl)cc12. The van der Waals surface area contributed by atoms with E-state index in [2.05, 4.69) is 15.4 Å². The van der Waals surface area contributed by atoms with Gasteiger partial charge in [-0.05, 0) is 49.7 Å². The van der Waals surface area contributed by atoms with Crippen molar-refractivity contribution >= 4 is 45.7 Å². The van der Waals surface area contributed by atoms with Crippen LogP contribution in [0.4, 0.5) is 27.6 Å². The van der Waals surface area contributed by atoms with Crippen molar-refractivity contribution in [2.45, 2.75) is 26.6 Å². The molecule has 0 unspecified atom stereocenters. The molecule has 5 nitrogen and oxygen atoms in total. The lowest BCUT2D eigenvalue weighted by atomic mass is 10.1. The third-order valence-electron chi connectivity index (χ3n) is 5.24. The predicted molar refractivity (Wildman–Crippen MR) is 122 cm³/mol. The number of hydrogen-bond acceptors (Lipinski definition) is 3. The standard InChI is InChI=1S/C23H15Cl2F5N4O/c1-10-20(11(2)34(33-10)9-12-3-14(26)7-15(27)4-12)32-22(35)17-8-19(23(28,29)30)31-21-16(17)5-13(24)6-18(21)25/h3-8H,9H2,1-2H3,(H,32,35). The topological polar surface area (TPSA) is 59.8 Å². The first kappa shape index (κ1) is 24.9. The number of pyridine rings is 1. The fourth-order valence-electron chi connectivity index (χ4n) is 3.67. The third-order valence-corrected chi connectivity index (χ3v) is 5.75. The molecule has 0 fully saturated rings. The van der Waals surface area contributed by atoms with Crippen molar-refractivity contribution in [2.75, 3.05) is 5.32 Å². The Hall–Kier alpha value is -3.24. The van der Waals surface area contributed by atoms with Crippen LogP contribution in [0, 0.1) is 25.5 Å². The Morgan fingerprint density at radius 3 is 2.31 bits per heavy atom. The molecule has 0 saturated carbocycles. The molecule has 12 heteroatoms. The van der Waals surface area contributed by atoms with E-state index in [0.717, 1.165) is 18.2 Å². The van der Waals surface area contributed by atoms with Gasteiger partial charge in [-0.2, -0.15) is 18.3 Å². The van der Waals surface area contributed by atoms with Gasteiger partial charge in [0.25, 0.3) is 5.91 Å². The zero-order valence-electron chi connectivity index (χ0n) is 18.1. The number of amides is 1. The first-order valence-corrected chi connectivity index (χ1v) is 10.8. The van der Waals surface area contributed by atoms with Crippen molar-refractivity contribution < 1.29 is 26.7 Å². The minimum atomic E-state index is -4.83. The zero-order chi connectivity index (χ0) is 25.7. The number of aromatic nitrogens is 3. The number of alkyl halides is 3. The molecule has 0 spiro atoms. The van der Waals surface area contributed by atoms with Gasteiger partial charge in [0.2, 0.25) is 0 Å². The lowest BCUT2D eigenvalue weighted by molar-refractivity contribution is -0.140. The summed E-state index contributed by atoms with van der Waals surface area (Å²) in [5.74, 6) is -2.38. The molecule has 0 bridgehead atoms. The van der Waals surface area contributed by atoms with Gasteiger partial charge in [-0.1, -0.05) is 23.2 Å². The lowest BCUT2D eigenvalue weighted by Gasteiger charge is -2.13. The molecule has 1 amide bonds. The average Bonchev–Trinajstić information content (AvgIpc) is 2.98. The van der Waals surface area contributed by atoms with Crippen LogP contribution >= 0.6 is 23.2 Å². The van der Waals surface area contributed by atoms with Crippen molar-refractivity contribution in [2.24, 2.45) is 0 Å². The second kappa shape index (κ2) is 9.09. The van der Waals surface area contributed by atoms with Gasteiger partial charge in [0, 0.05) is 16.5 Å². The monoisotopic (exact) mass is 528 g/mol. The highest BCUT2D eigenvalue weighted by molar-refractivity contribution is 6.39. The first-order valence-electron chi connectivity index (χ1n) is 10.0. The Balaban J connectivity index is 1.74. The molecule has 2 aromatic carbocycles. The number of rotatable bonds is 4. The van der Waals surface area contributed by atoms with Gasteiger partial charge < -0.3 is 5.32 Å². The molecule has 0 aliphatic heterocycles. The number of hydrogen-bond donors (Lipinski definition) is 1. The molecular weight excluding hydrogens is 514 g/mol. The minimum absolute atomic E-state index is 0.00114. The molecule has 4 rings (SSSR count). The van der Waals surface area contributed by atoms with Gasteiger partial charge >= 0.3 is 6.18 Å². The molecule has 0 aliphatic rings. The highest BCUT2D eigenvalue weighted by Gasteiger charge is 2.34. The fraction of sp³-hybridized carbons (Fsp3) is 0.174. The summed E-state index contributed by atoms with van der Waals surface area (Å²) >= 11 is 12.1. The van der Waals surface area contributed by atoms with Crippen LogP contribution in [0.3, 0.4) is 0 Å². The van der Waals surface area contributed by atoms with Crippen LogP contribution in [0.2, 0.25) is 10.0 Å². The Kier molecular flexibility index (Phi) is 6.46. The summed E-state index contributed by atoms with van der Waals surface area (Å²) in [6.07, 6.45) is -4.83. The predicted octanol–water partition coefficient (Wildman–Crippen LogP) is 6.95. The van der Waals surface area contributed by atoms with Crippen LogP contribution in [0.15, 0.2) is 36.4 Å². The van der Waals surface area contributed by atoms with Crippen molar-refractivity contribution in [1.82, 2.24) is 14.8 Å². The van der Waals surface area contributed by atoms with Crippen molar-refractivity contribution in [3.8, 4) is 0 Å². The fourth-order valence-corrected chi connectivity index (χ4v) is 4.21. The maximum Gasteiger partial charge on any atom is 0.433 e. The van der Waals surface area contributed by atoms with Crippen LogP contribution in [0.1, 0.15) is 33.0 Å². The smallest absolute Gasteiger partial charge is 0.319 e. The van der Waals surface area contributed by atoms with E-state index in [1.54, 1.807) is 13.8 Å². The summed E-state index contributed by atoms with van der Waals surface area (Å²) in [6, 6.07) is 6.18. The largest absolute Gasteiger partial charge is 0.433 e. The molecule has 4 aromatic rings. The summed E-state index contributed by atoms with van der Waals surface area (Å²) in [7, 11) is 0. The Morgan fingerprint density at radius 1 is 1.03 bits per heavy atom. The number of aryl methyl sites for hydroxylation is 1. The number of anilines is 1. The van der Waals surface area contributed by atoms with Crippen molar-refractivity contribution in [3.05, 3.63) is 86.3 Å². The Bertz CT molecular complexity index is 1460. The first-order chi connectivity index (χ1) is 16.3. The van der Waals surface area contributed by atoms with E-state index >= 15 is 0 Å². The van der Waals surface area contributed by atoms with Gasteiger partial charge in [0.05, 0.1) is 39.7 Å². The highest BCUT2D eigenvalue weighted by Crippen LogP contribution is 2.35. The van der Waals surface area contributed by atoms with Crippen LogP contribution in [0.5, 0.6) is 0 Å². The van der Waals surface area contributed by atoms with E-state index in [4.69, 9.17) is 23.2 Å². The Labute approximate surface area is 205 Å². The van der Waals surface area contributed by atoms with Gasteiger partial charge in [0.15, 0.2) is 0 Å². The van der Waals surface area contributed by atoms with E-state index in [1.807, 2.05) is 0 Å². The second-order valence-electron chi connectivity index (χ2n) is 7.77. The summed E-state index contributed by atoms with van der Waals surface area (Å²) in [6.45, 7) is 3.18. The summed E-state index contributed by atoms with van der Waals surface area (Å²) in [4.78, 5) is 16.7. The molecule has 0 atom stereocenters. The van der Waals surface area contributed by atoms with E-state index in [1.165, 1.54) is 16.8 Å². The second-order valence-corrected chi connectivity index (χ2v) is 8.62. The molecule has 182 valence electrons. The van der Waals surface area contributed by atoms with Gasteiger partial charge in [0.1, 0.15) is 17.3 Å². The normalized spacial score (nSPS) is 11.8. The van der Waals surface area contributed by atoms with E-state index < -0.39 is 29.4 Å². The zero-order valence-corrected chi connectivity index (χ0v) is 19.6. The van der Waals surface area contributed by atoms with Crippen LogP contribution < -0.4 is 5.32 Å². The Morgan fingerprint density at radius 2 is 1.69 bits per heavy atom. The van der Waals surface area contributed by atoms with E-state index in [-0.39, 0.29) is 38.7 Å². The molecular formula is C23H15Cl2F5N4O. The number of carbonyl (C=O) groups is 1. The van der Waals surface area contributed by atoms with Gasteiger partial charge in [-0.25, -0.2) is 13.8 Å². The number of benzene rings is 2. The highest BCUT2D eigenvalue weighted by atomic mass is 35.5. The number of nitrogens with zero attached hydrogens (tertiary/aromatic N) is 3. The van der Waals surface area contributed by atoms with E-state index in [0.29, 0.717) is 23.0 Å². The van der Waals surface area contributed by atoms with Crippen molar-refractivity contribution in [1.29, 1.82) is 0 Å². The van der Waals surface area contributed by atoms with E-state index in [9.17, 15) is 26.7 Å². The quantitative estimate of drug-likeness (QED) is 0.291. The molecule has 2 aromatic heterocycles. The summed E-state index contributed by atoms with van der Waals surface area (Å²) < 4.78 is 68.9. The molecule has 0 radical (unpaired) electrons. The molecule has 1 N–H and O–H groups in total.